The second kappa shape index (κ2) is 7.15. The first-order chi connectivity index (χ1) is 11.5. The molecular weight excluding hydrogens is 350 g/mol. The molecule has 1 aliphatic rings. The van der Waals surface area contributed by atoms with E-state index in [0.29, 0.717) is 15.6 Å². The SMILES string of the molecule is O=C(COC(=O)[C@@H]1CC(=O)N(c2ccc(Cl)cc2)C1)c1cccs1. The highest BCUT2D eigenvalue weighted by Gasteiger charge is 2.36. The molecular formula is C17H14ClNO4S. The standard InChI is InChI=1S/C17H14ClNO4S/c18-12-3-5-13(6-4-12)19-9-11(8-16(19)21)17(22)23-10-14(20)15-2-1-7-24-15/h1-7,11H,8-10H2/t11-/m1/s1. The van der Waals surface area contributed by atoms with Crippen LogP contribution < -0.4 is 4.90 Å². The Kier molecular flexibility index (Phi) is 4.97. The largest absolute Gasteiger partial charge is 0.457 e. The zero-order valence-corrected chi connectivity index (χ0v) is 14.2. The summed E-state index contributed by atoms with van der Waals surface area (Å²) in [4.78, 5) is 38.2. The number of hydrogen-bond donors (Lipinski definition) is 0. The molecule has 0 bridgehead atoms. The van der Waals surface area contributed by atoms with Crippen LogP contribution in [0.2, 0.25) is 5.02 Å². The summed E-state index contributed by atoms with van der Waals surface area (Å²) < 4.78 is 5.08. The summed E-state index contributed by atoms with van der Waals surface area (Å²) in [7, 11) is 0. The fraction of sp³-hybridized carbons (Fsp3) is 0.235. The number of Topliss-reactive ketones (excluding diaryl/α,β-unsaturated/α-hetero) is 1. The first-order valence-electron chi connectivity index (χ1n) is 7.34. The number of amides is 1. The van der Waals surface area contributed by atoms with E-state index in [1.807, 2.05) is 0 Å². The second-order valence-electron chi connectivity index (χ2n) is 5.39. The number of carbonyl (C=O) groups is 3. The molecule has 1 amide bonds. The number of thiophene rings is 1. The van der Waals surface area contributed by atoms with Gasteiger partial charge in [0.2, 0.25) is 11.7 Å². The van der Waals surface area contributed by atoms with Crippen LogP contribution in [0.15, 0.2) is 41.8 Å². The van der Waals surface area contributed by atoms with Gasteiger partial charge in [0.15, 0.2) is 6.61 Å². The summed E-state index contributed by atoms with van der Waals surface area (Å²) in [6, 6.07) is 10.3. The average molecular weight is 364 g/mol. The molecule has 2 aromatic rings. The van der Waals surface area contributed by atoms with E-state index in [2.05, 4.69) is 0 Å². The highest BCUT2D eigenvalue weighted by atomic mass is 35.5. The minimum absolute atomic E-state index is 0.0780. The maximum Gasteiger partial charge on any atom is 0.311 e. The number of halogens is 1. The van der Waals surface area contributed by atoms with Gasteiger partial charge in [0.25, 0.3) is 0 Å². The van der Waals surface area contributed by atoms with Gasteiger partial charge in [-0.3, -0.25) is 14.4 Å². The number of anilines is 1. The molecule has 1 saturated heterocycles. The van der Waals surface area contributed by atoms with Crippen LogP contribution in [0.1, 0.15) is 16.1 Å². The molecule has 1 aromatic heterocycles. The van der Waals surface area contributed by atoms with E-state index in [0.717, 1.165) is 0 Å². The van der Waals surface area contributed by atoms with Gasteiger partial charge < -0.3 is 9.64 Å². The Labute approximate surface area is 147 Å². The van der Waals surface area contributed by atoms with Crippen LogP contribution in [0, 0.1) is 5.92 Å². The minimum atomic E-state index is -0.565. The summed E-state index contributed by atoms with van der Waals surface area (Å²) in [5.74, 6) is -1.48. The number of esters is 1. The number of ketones is 1. The monoisotopic (exact) mass is 363 g/mol. The summed E-state index contributed by atoms with van der Waals surface area (Å²) in [6.07, 6.45) is 0.0780. The van der Waals surface area contributed by atoms with Crippen molar-refractivity contribution in [1.29, 1.82) is 0 Å². The van der Waals surface area contributed by atoms with Crippen molar-refractivity contribution in [3.8, 4) is 0 Å². The molecule has 0 radical (unpaired) electrons. The molecule has 0 unspecified atom stereocenters. The van der Waals surface area contributed by atoms with Crippen LogP contribution in [0.5, 0.6) is 0 Å². The Hall–Kier alpha value is -2.18. The average Bonchev–Trinajstić information content (AvgIpc) is 3.23. The van der Waals surface area contributed by atoms with Crippen molar-refractivity contribution < 1.29 is 19.1 Å². The lowest BCUT2D eigenvalue weighted by Gasteiger charge is -2.16. The molecule has 124 valence electrons. The van der Waals surface area contributed by atoms with Gasteiger partial charge in [-0.2, -0.15) is 0 Å². The lowest BCUT2D eigenvalue weighted by Crippen LogP contribution is -2.27. The Morgan fingerprint density at radius 1 is 1.25 bits per heavy atom. The number of nitrogens with zero attached hydrogens (tertiary/aromatic N) is 1. The molecule has 0 spiro atoms. The fourth-order valence-electron chi connectivity index (χ4n) is 2.50. The van der Waals surface area contributed by atoms with Gasteiger partial charge in [0, 0.05) is 23.7 Å². The van der Waals surface area contributed by atoms with Crippen molar-refractivity contribution in [1.82, 2.24) is 0 Å². The van der Waals surface area contributed by atoms with Gasteiger partial charge in [0.1, 0.15) is 0 Å². The molecule has 3 rings (SSSR count). The van der Waals surface area contributed by atoms with E-state index >= 15 is 0 Å². The Morgan fingerprint density at radius 2 is 2.00 bits per heavy atom. The summed E-state index contributed by atoms with van der Waals surface area (Å²) in [5.41, 5.74) is 0.689. The van der Waals surface area contributed by atoms with Gasteiger partial charge in [-0.25, -0.2) is 0 Å². The molecule has 24 heavy (non-hydrogen) atoms. The predicted octanol–water partition coefficient (Wildman–Crippen LogP) is 3.18. The maximum atomic E-state index is 12.1. The van der Waals surface area contributed by atoms with Gasteiger partial charge in [-0.1, -0.05) is 17.7 Å². The maximum absolute atomic E-state index is 12.1. The number of hydrogen-bond acceptors (Lipinski definition) is 5. The number of carbonyl (C=O) groups excluding carboxylic acids is 3. The lowest BCUT2D eigenvalue weighted by atomic mass is 10.1. The molecule has 5 nitrogen and oxygen atoms in total. The molecule has 0 saturated carbocycles. The first-order valence-corrected chi connectivity index (χ1v) is 8.59. The van der Waals surface area contributed by atoms with E-state index in [4.69, 9.17) is 16.3 Å². The van der Waals surface area contributed by atoms with Crippen molar-refractivity contribution in [2.24, 2.45) is 5.92 Å². The first kappa shape index (κ1) is 16.7. The topological polar surface area (TPSA) is 63.7 Å². The zero-order valence-electron chi connectivity index (χ0n) is 12.6. The van der Waals surface area contributed by atoms with Crippen LogP contribution >= 0.6 is 22.9 Å². The zero-order chi connectivity index (χ0) is 17.1. The third-order valence-corrected chi connectivity index (χ3v) is 4.90. The van der Waals surface area contributed by atoms with Gasteiger partial charge >= 0.3 is 5.97 Å². The van der Waals surface area contributed by atoms with Gasteiger partial charge in [0.05, 0.1) is 10.8 Å². The quantitative estimate of drug-likeness (QED) is 0.604. The van der Waals surface area contributed by atoms with Gasteiger partial charge in [-0.15, -0.1) is 11.3 Å². The molecule has 1 atom stereocenters. The number of ether oxygens (including phenoxy) is 1. The molecule has 1 fully saturated rings. The summed E-state index contributed by atoms with van der Waals surface area (Å²) >= 11 is 7.14. The highest BCUT2D eigenvalue weighted by molar-refractivity contribution is 7.12. The molecule has 0 N–H and O–H groups in total. The second-order valence-corrected chi connectivity index (χ2v) is 6.77. The van der Waals surface area contributed by atoms with Crippen LogP contribution in [0.4, 0.5) is 5.69 Å². The summed E-state index contributed by atoms with van der Waals surface area (Å²) in [5, 5.41) is 2.36. The Bertz CT molecular complexity index is 757. The van der Waals surface area contributed by atoms with E-state index in [1.165, 1.54) is 16.2 Å². The normalized spacial score (nSPS) is 17.1. The lowest BCUT2D eigenvalue weighted by molar-refractivity contribution is -0.147. The molecule has 1 aromatic carbocycles. The van der Waals surface area contributed by atoms with Crippen LogP contribution in [0.3, 0.4) is 0 Å². The highest BCUT2D eigenvalue weighted by Crippen LogP contribution is 2.27. The molecule has 2 heterocycles. The fourth-order valence-corrected chi connectivity index (χ4v) is 3.28. The van der Waals surface area contributed by atoms with Crippen LogP contribution in [-0.4, -0.2) is 30.8 Å². The predicted molar refractivity (Wildman–Crippen MR) is 91.5 cm³/mol. The van der Waals surface area contributed by atoms with E-state index < -0.39 is 11.9 Å². The number of benzene rings is 1. The third kappa shape index (κ3) is 3.66. The molecule has 0 aliphatic carbocycles. The molecule has 1 aliphatic heterocycles. The molecule has 7 heteroatoms. The van der Waals surface area contributed by atoms with Crippen molar-refractivity contribution >= 4 is 46.3 Å². The smallest absolute Gasteiger partial charge is 0.311 e. The Morgan fingerprint density at radius 3 is 2.67 bits per heavy atom. The van der Waals surface area contributed by atoms with Crippen molar-refractivity contribution in [3.63, 3.8) is 0 Å². The van der Waals surface area contributed by atoms with E-state index in [-0.39, 0.29) is 31.3 Å². The van der Waals surface area contributed by atoms with Crippen LogP contribution in [0.25, 0.3) is 0 Å². The van der Waals surface area contributed by atoms with Crippen molar-refractivity contribution in [2.45, 2.75) is 6.42 Å². The van der Waals surface area contributed by atoms with Crippen molar-refractivity contribution in [2.75, 3.05) is 18.1 Å². The number of rotatable bonds is 5. The summed E-state index contributed by atoms with van der Waals surface area (Å²) in [6.45, 7) is -0.0581. The van der Waals surface area contributed by atoms with Crippen molar-refractivity contribution in [3.05, 3.63) is 51.7 Å². The van der Waals surface area contributed by atoms with Gasteiger partial charge in [-0.05, 0) is 35.7 Å². The Balaban J connectivity index is 1.58. The van der Waals surface area contributed by atoms with E-state index in [1.54, 1.807) is 41.8 Å². The minimum Gasteiger partial charge on any atom is -0.457 e. The van der Waals surface area contributed by atoms with E-state index in [9.17, 15) is 14.4 Å². The third-order valence-electron chi connectivity index (χ3n) is 3.74. The van der Waals surface area contributed by atoms with Crippen LogP contribution in [-0.2, 0) is 14.3 Å².